The first-order valence-electron chi connectivity index (χ1n) is 36.4. The van der Waals surface area contributed by atoms with Crippen LogP contribution in [0.25, 0.3) is 121 Å². The van der Waals surface area contributed by atoms with Gasteiger partial charge >= 0.3 is 0 Å². The third-order valence-corrected chi connectivity index (χ3v) is 20.7. The molecule has 0 spiro atoms. The van der Waals surface area contributed by atoms with Crippen LogP contribution in [0.1, 0.15) is 0 Å². The zero-order chi connectivity index (χ0) is 71.4. The van der Waals surface area contributed by atoms with Crippen molar-refractivity contribution in [1.29, 1.82) is 0 Å². The number of furan rings is 4. The van der Waals surface area contributed by atoms with Crippen molar-refractivity contribution in [1.82, 2.24) is 0 Å². The zero-order valence-corrected chi connectivity index (χ0v) is 58.5. The van der Waals surface area contributed by atoms with Crippen molar-refractivity contribution in [3.8, 4) is 22.3 Å². The van der Waals surface area contributed by atoms with Crippen molar-refractivity contribution in [3.05, 3.63) is 400 Å². The summed E-state index contributed by atoms with van der Waals surface area (Å²) in [6.45, 7) is 0. The lowest BCUT2D eigenvalue weighted by Crippen LogP contribution is -2.10. The van der Waals surface area contributed by atoms with Crippen LogP contribution in [0.15, 0.2) is 418 Å². The first kappa shape index (κ1) is 63.1. The van der Waals surface area contributed by atoms with Gasteiger partial charge in [0.15, 0.2) is 0 Å². The van der Waals surface area contributed by atoms with Crippen LogP contribution >= 0.6 is 0 Å². The predicted octanol–water partition coefficient (Wildman–Crippen LogP) is 29.3. The van der Waals surface area contributed by atoms with E-state index < -0.39 is 0 Å². The summed E-state index contributed by atoms with van der Waals surface area (Å²) in [6.07, 6.45) is 0. The third-order valence-electron chi connectivity index (χ3n) is 20.7. The second-order valence-corrected chi connectivity index (χ2v) is 27.1. The molecule has 0 aliphatic carbocycles. The Kier molecular flexibility index (Phi) is 15.7. The minimum atomic E-state index is 0.814. The van der Waals surface area contributed by atoms with Gasteiger partial charge in [-0.3, -0.25) is 0 Å². The molecule has 0 aliphatic rings. The summed E-state index contributed by atoms with van der Waals surface area (Å²) in [5, 5.41) is 11.1. The Morgan fingerprint density at radius 1 is 0.148 bits per heavy atom. The van der Waals surface area contributed by atoms with Crippen LogP contribution in [0.4, 0.5) is 68.2 Å². The number of nitrogens with zero attached hydrogens (tertiary/aromatic N) is 4. The molecule has 0 unspecified atom stereocenters. The highest BCUT2D eigenvalue weighted by Crippen LogP contribution is 2.49. The van der Waals surface area contributed by atoms with Gasteiger partial charge in [-0.15, -0.1) is 0 Å². The van der Waals surface area contributed by atoms with Gasteiger partial charge in [0.25, 0.3) is 0 Å². The van der Waals surface area contributed by atoms with E-state index in [9.17, 15) is 0 Å². The Hall–Kier alpha value is -14.6. The molecular formula is C100H66N4O4. The third kappa shape index (κ3) is 11.5. The first-order chi connectivity index (χ1) is 53.5. The van der Waals surface area contributed by atoms with Crippen LogP contribution in [0.5, 0.6) is 0 Å². The molecule has 4 aromatic heterocycles. The standard InChI is InChI=1S/C52H34N2O2.C48H32N2O2/c1-3-14-39(15-4-1)54(40-16-5-2-6-17-40)47-19-11-21-49-52(47)46-31-29-43(34-51(46)56-49)53(42-28-30-45-44-18-9-10-20-48(44)55-50(45)33-42)41-26-24-36(25-27-41)38-23-22-35-12-7-8-13-37(35)32-38;1-4-13-33(14-5-1)34-23-25-37(26-24-34)49(38-27-29-41-40-19-10-11-21-44(40)51-46(41)31-38)39-28-30-42-47(32-39)52-45-22-12-20-43(48(42)45)50(35-15-6-2-7-16-35)36-17-8-3-9-18-36/h1-34H;1-32H. The number of fused-ring (bicyclic) bond motifs is 13. The number of benzene rings is 17. The maximum Gasteiger partial charge on any atom is 0.137 e. The molecule has 4 heterocycles. The smallest absolute Gasteiger partial charge is 0.137 e. The van der Waals surface area contributed by atoms with Crippen molar-refractivity contribution in [2.24, 2.45) is 0 Å². The van der Waals surface area contributed by atoms with Crippen LogP contribution in [0, 0.1) is 0 Å². The molecule has 108 heavy (non-hydrogen) atoms. The van der Waals surface area contributed by atoms with E-state index in [1.165, 1.54) is 27.5 Å². The molecule has 510 valence electrons. The van der Waals surface area contributed by atoms with Gasteiger partial charge in [0.05, 0.1) is 22.1 Å². The Morgan fingerprint density at radius 2 is 0.435 bits per heavy atom. The molecule has 8 nitrogen and oxygen atoms in total. The second kappa shape index (κ2) is 26.9. The van der Waals surface area contributed by atoms with Gasteiger partial charge < -0.3 is 37.3 Å². The minimum absolute atomic E-state index is 0.814. The molecule has 0 amide bonds. The molecule has 0 saturated carbocycles. The Bertz CT molecular complexity index is 6790. The summed E-state index contributed by atoms with van der Waals surface area (Å²) >= 11 is 0. The van der Waals surface area contributed by atoms with Crippen LogP contribution < -0.4 is 19.6 Å². The van der Waals surface area contributed by atoms with E-state index in [0.717, 1.165) is 162 Å². The van der Waals surface area contributed by atoms with Crippen molar-refractivity contribution >= 4 is 167 Å². The molecule has 21 rings (SSSR count). The highest BCUT2D eigenvalue weighted by atomic mass is 16.3. The fraction of sp³-hybridized carbons (Fsp3) is 0. The van der Waals surface area contributed by atoms with E-state index in [1.807, 2.05) is 30.3 Å². The second-order valence-electron chi connectivity index (χ2n) is 27.1. The van der Waals surface area contributed by atoms with Gasteiger partial charge in [-0.25, -0.2) is 0 Å². The van der Waals surface area contributed by atoms with E-state index in [4.69, 9.17) is 17.7 Å². The number of para-hydroxylation sites is 6. The van der Waals surface area contributed by atoms with E-state index in [0.29, 0.717) is 0 Å². The summed E-state index contributed by atoms with van der Waals surface area (Å²) in [5.41, 5.74) is 23.9. The van der Waals surface area contributed by atoms with E-state index in [-0.39, 0.29) is 0 Å². The van der Waals surface area contributed by atoms with E-state index in [1.54, 1.807) is 0 Å². The average Bonchev–Trinajstić information content (AvgIpc) is 1.50. The lowest BCUT2D eigenvalue weighted by atomic mass is 10.0. The quantitative estimate of drug-likeness (QED) is 0.107. The molecule has 8 heteroatoms. The molecule has 0 bridgehead atoms. The molecule has 0 aliphatic heterocycles. The van der Waals surface area contributed by atoms with Gasteiger partial charge in [-0.05, 0) is 197 Å². The molecule has 0 N–H and O–H groups in total. The fourth-order valence-electron chi connectivity index (χ4n) is 15.6. The monoisotopic (exact) mass is 1390 g/mol. The van der Waals surface area contributed by atoms with Crippen molar-refractivity contribution in [2.75, 3.05) is 19.6 Å². The summed E-state index contributed by atoms with van der Waals surface area (Å²) < 4.78 is 26.2. The van der Waals surface area contributed by atoms with Gasteiger partial charge in [0.2, 0.25) is 0 Å². The van der Waals surface area contributed by atoms with E-state index >= 15 is 0 Å². The molecule has 0 fully saturated rings. The molecule has 0 saturated heterocycles. The maximum absolute atomic E-state index is 6.73. The highest BCUT2D eigenvalue weighted by Gasteiger charge is 2.25. The minimum Gasteiger partial charge on any atom is -0.456 e. The van der Waals surface area contributed by atoms with Gasteiger partial charge in [0, 0.05) is 113 Å². The lowest BCUT2D eigenvalue weighted by Gasteiger charge is -2.26. The van der Waals surface area contributed by atoms with Crippen molar-refractivity contribution in [3.63, 3.8) is 0 Å². The van der Waals surface area contributed by atoms with Gasteiger partial charge in [-0.2, -0.15) is 0 Å². The summed E-state index contributed by atoms with van der Waals surface area (Å²) in [6, 6.07) is 140. The first-order valence-corrected chi connectivity index (χ1v) is 36.4. The van der Waals surface area contributed by atoms with Crippen molar-refractivity contribution < 1.29 is 17.7 Å². The lowest BCUT2D eigenvalue weighted by molar-refractivity contribution is 0.668. The molecule has 17 aromatic carbocycles. The maximum atomic E-state index is 6.73. The van der Waals surface area contributed by atoms with Crippen LogP contribution in [-0.2, 0) is 0 Å². The SMILES string of the molecule is c1ccc(-c2ccc(N(c3ccc4c(c3)oc3ccccc34)c3ccc4c(c3)oc3cccc(N(c5ccccc5)c5ccccc5)c34)cc2)cc1.c1ccc(N(c2ccccc2)c2cccc3oc4cc(N(c5ccc(-c6ccc7ccccc7c6)cc5)c5ccc6c(c5)oc5ccccc56)ccc4c23)cc1. The molecular weight excluding hydrogens is 1320 g/mol. The summed E-state index contributed by atoms with van der Waals surface area (Å²) in [4.78, 5) is 9.16. The van der Waals surface area contributed by atoms with Gasteiger partial charge in [-0.1, -0.05) is 212 Å². The molecule has 0 radical (unpaired) electrons. The number of anilines is 12. The highest BCUT2D eigenvalue weighted by molar-refractivity contribution is 6.16. The Balaban J connectivity index is 0.000000143. The fourth-order valence-corrected chi connectivity index (χ4v) is 15.6. The van der Waals surface area contributed by atoms with E-state index in [2.05, 4.69) is 390 Å². The summed E-state index contributed by atoms with van der Waals surface area (Å²) in [7, 11) is 0. The molecule has 21 aromatic rings. The van der Waals surface area contributed by atoms with Crippen LogP contribution in [0.3, 0.4) is 0 Å². The predicted molar refractivity (Wildman–Crippen MR) is 449 cm³/mol. The average molecular weight is 1390 g/mol. The molecule has 0 atom stereocenters. The van der Waals surface area contributed by atoms with Crippen LogP contribution in [0.2, 0.25) is 0 Å². The zero-order valence-electron chi connectivity index (χ0n) is 58.5. The summed E-state index contributed by atoms with van der Waals surface area (Å²) in [5.74, 6) is 0. The topological polar surface area (TPSA) is 65.5 Å². The largest absolute Gasteiger partial charge is 0.456 e. The van der Waals surface area contributed by atoms with Gasteiger partial charge in [0.1, 0.15) is 44.7 Å². The normalized spacial score (nSPS) is 11.5. The van der Waals surface area contributed by atoms with Crippen molar-refractivity contribution in [2.45, 2.75) is 0 Å². The Labute approximate surface area is 622 Å². The number of hydrogen-bond donors (Lipinski definition) is 0. The van der Waals surface area contributed by atoms with Crippen LogP contribution in [-0.4, -0.2) is 0 Å². The number of rotatable bonds is 14. The number of hydrogen-bond acceptors (Lipinski definition) is 8. The Morgan fingerprint density at radius 3 is 0.861 bits per heavy atom.